The molecule has 4 nitrogen and oxygen atoms in total. The van der Waals surface area contributed by atoms with E-state index in [4.69, 9.17) is 4.74 Å². The molecule has 116 valence electrons. The van der Waals surface area contributed by atoms with Gasteiger partial charge < -0.3 is 15.0 Å². The van der Waals surface area contributed by atoms with Crippen LogP contribution >= 0.6 is 0 Å². The maximum atomic E-state index is 12.5. The van der Waals surface area contributed by atoms with Gasteiger partial charge in [-0.3, -0.25) is 4.79 Å². The third kappa shape index (κ3) is 4.05. The summed E-state index contributed by atoms with van der Waals surface area (Å²) < 4.78 is 5.04. The average Bonchev–Trinajstić information content (AvgIpc) is 3.26. The monoisotopic (exact) mass is 290 g/mol. The number of hydrogen-bond donors (Lipinski definition) is 1. The van der Waals surface area contributed by atoms with Gasteiger partial charge in [-0.15, -0.1) is 0 Å². The van der Waals surface area contributed by atoms with E-state index in [-0.39, 0.29) is 11.3 Å². The van der Waals surface area contributed by atoms with Crippen molar-refractivity contribution in [1.82, 2.24) is 10.2 Å². The van der Waals surface area contributed by atoms with Gasteiger partial charge >= 0.3 is 0 Å². The molecule has 1 saturated carbocycles. The van der Waals surface area contributed by atoms with Crippen molar-refractivity contribution < 1.29 is 9.53 Å². The highest BCUT2D eigenvalue weighted by molar-refractivity contribution is 5.91. The Kier molecular flexibility index (Phi) is 5.37. The molecule has 0 aromatic heterocycles. The summed E-state index contributed by atoms with van der Waals surface area (Å²) in [7, 11) is 3.74. The predicted octanol–water partition coefficient (Wildman–Crippen LogP) is 1.72. The fourth-order valence-electron chi connectivity index (χ4n) is 2.60. The van der Waals surface area contributed by atoms with Crippen molar-refractivity contribution >= 4 is 5.91 Å². The van der Waals surface area contributed by atoms with Gasteiger partial charge in [-0.25, -0.2) is 0 Å². The lowest BCUT2D eigenvalue weighted by atomic mass is 9.93. The molecule has 0 spiro atoms. The number of aryl methyl sites for hydroxylation is 1. The zero-order valence-electron chi connectivity index (χ0n) is 13.3. The summed E-state index contributed by atoms with van der Waals surface area (Å²) in [6.45, 7) is 5.21. The van der Waals surface area contributed by atoms with E-state index in [1.807, 2.05) is 13.1 Å². The Morgan fingerprint density at radius 3 is 2.76 bits per heavy atom. The van der Waals surface area contributed by atoms with Crippen molar-refractivity contribution in [2.45, 2.75) is 25.2 Å². The second-order valence-corrected chi connectivity index (χ2v) is 6.00. The second-order valence-electron chi connectivity index (χ2n) is 6.00. The van der Waals surface area contributed by atoms with Gasteiger partial charge in [0.2, 0.25) is 5.91 Å². The average molecular weight is 290 g/mol. The Balaban J connectivity index is 1.83. The molecule has 1 aromatic rings. The number of carbonyl (C=O) groups is 1. The number of nitrogens with zero attached hydrogens (tertiary/aromatic N) is 1. The molecule has 1 aromatic carbocycles. The molecule has 2 rings (SSSR count). The molecule has 0 aliphatic heterocycles. The fraction of sp³-hybridized carbons (Fsp3) is 0.588. The molecule has 4 heteroatoms. The van der Waals surface area contributed by atoms with Crippen LogP contribution in [0.4, 0.5) is 0 Å². The maximum absolute atomic E-state index is 12.5. The normalized spacial score (nSPS) is 16.0. The van der Waals surface area contributed by atoms with E-state index in [9.17, 15) is 4.79 Å². The standard InChI is InChI=1S/C17H26N2O2/c1-14-5-4-6-15(13-14)17(7-8-17)16(20)18-9-10-19(2)11-12-21-3/h4-6,13H,7-12H2,1-3H3,(H,18,20). The first kappa shape index (κ1) is 16.0. The third-order valence-electron chi connectivity index (χ3n) is 4.21. The van der Waals surface area contributed by atoms with Crippen molar-refractivity contribution in [3.63, 3.8) is 0 Å². The lowest BCUT2D eigenvalue weighted by Crippen LogP contribution is -2.39. The Morgan fingerprint density at radius 1 is 1.38 bits per heavy atom. The molecule has 1 aliphatic carbocycles. The highest BCUT2D eigenvalue weighted by atomic mass is 16.5. The van der Waals surface area contributed by atoms with Crippen molar-refractivity contribution in [2.24, 2.45) is 0 Å². The number of nitrogens with one attached hydrogen (secondary N) is 1. The van der Waals surface area contributed by atoms with Crippen LogP contribution in [0.15, 0.2) is 24.3 Å². The van der Waals surface area contributed by atoms with E-state index in [2.05, 4.69) is 35.3 Å². The number of ether oxygens (including phenoxy) is 1. The first-order valence-corrected chi connectivity index (χ1v) is 7.61. The minimum Gasteiger partial charge on any atom is -0.383 e. The Hall–Kier alpha value is -1.39. The Labute approximate surface area is 127 Å². The summed E-state index contributed by atoms with van der Waals surface area (Å²) in [4.78, 5) is 14.6. The van der Waals surface area contributed by atoms with E-state index < -0.39 is 0 Å². The molecule has 21 heavy (non-hydrogen) atoms. The largest absolute Gasteiger partial charge is 0.383 e. The molecule has 0 heterocycles. The van der Waals surface area contributed by atoms with Crippen LogP contribution in [0.3, 0.4) is 0 Å². The third-order valence-corrected chi connectivity index (χ3v) is 4.21. The molecule has 0 unspecified atom stereocenters. The van der Waals surface area contributed by atoms with Crippen LogP contribution < -0.4 is 5.32 Å². The van der Waals surface area contributed by atoms with E-state index in [0.29, 0.717) is 6.54 Å². The van der Waals surface area contributed by atoms with Crippen LogP contribution in [0.25, 0.3) is 0 Å². The van der Waals surface area contributed by atoms with E-state index in [1.165, 1.54) is 5.56 Å². The predicted molar refractivity (Wildman–Crippen MR) is 84.5 cm³/mol. The smallest absolute Gasteiger partial charge is 0.230 e. The number of likely N-dealkylation sites (N-methyl/N-ethyl adjacent to an activating group) is 1. The molecule has 1 fully saturated rings. The highest BCUT2D eigenvalue weighted by Crippen LogP contribution is 2.48. The summed E-state index contributed by atoms with van der Waals surface area (Å²) in [6, 6.07) is 8.32. The number of hydrogen-bond acceptors (Lipinski definition) is 3. The van der Waals surface area contributed by atoms with Crippen molar-refractivity contribution in [3.05, 3.63) is 35.4 Å². The zero-order valence-corrected chi connectivity index (χ0v) is 13.3. The topological polar surface area (TPSA) is 41.6 Å². The molecule has 0 bridgehead atoms. The number of benzene rings is 1. The molecule has 1 N–H and O–H groups in total. The number of rotatable bonds is 8. The number of methoxy groups -OCH3 is 1. The Bertz CT molecular complexity index is 483. The summed E-state index contributed by atoms with van der Waals surface area (Å²) >= 11 is 0. The van der Waals surface area contributed by atoms with E-state index in [0.717, 1.165) is 38.1 Å². The fourth-order valence-corrected chi connectivity index (χ4v) is 2.60. The maximum Gasteiger partial charge on any atom is 0.230 e. The van der Waals surface area contributed by atoms with E-state index in [1.54, 1.807) is 7.11 Å². The lowest BCUT2D eigenvalue weighted by molar-refractivity contribution is -0.123. The van der Waals surface area contributed by atoms with Gasteiger partial charge in [-0.1, -0.05) is 29.8 Å². The van der Waals surface area contributed by atoms with Crippen molar-refractivity contribution in [2.75, 3.05) is 40.4 Å². The first-order valence-electron chi connectivity index (χ1n) is 7.61. The zero-order chi connectivity index (χ0) is 15.3. The second kappa shape index (κ2) is 7.05. The summed E-state index contributed by atoms with van der Waals surface area (Å²) in [6.07, 6.45) is 1.92. The van der Waals surface area contributed by atoms with Crippen LogP contribution in [-0.2, 0) is 14.9 Å². The lowest BCUT2D eigenvalue weighted by Gasteiger charge is -2.19. The summed E-state index contributed by atoms with van der Waals surface area (Å²) in [5, 5.41) is 3.09. The molecular weight excluding hydrogens is 264 g/mol. The number of carbonyl (C=O) groups excluding carboxylic acids is 1. The molecular formula is C17H26N2O2. The van der Waals surface area contributed by atoms with Crippen molar-refractivity contribution in [3.8, 4) is 0 Å². The Morgan fingerprint density at radius 2 is 2.14 bits per heavy atom. The molecule has 0 radical (unpaired) electrons. The van der Waals surface area contributed by atoms with Crippen LogP contribution in [-0.4, -0.2) is 51.2 Å². The molecule has 1 amide bonds. The van der Waals surface area contributed by atoms with Crippen LogP contribution in [0.2, 0.25) is 0 Å². The highest BCUT2D eigenvalue weighted by Gasteiger charge is 2.51. The van der Waals surface area contributed by atoms with Crippen LogP contribution in [0.5, 0.6) is 0 Å². The minimum absolute atomic E-state index is 0.174. The van der Waals surface area contributed by atoms with Gasteiger partial charge in [0.25, 0.3) is 0 Å². The molecule has 0 saturated heterocycles. The SMILES string of the molecule is COCCN(C)CCNC(=O)C1(c2cccc(C)c2)CC1. The van der Waals surface area contributed by atoms with Gasteiger partial charge in [-0.05, 0) is 32.4 Å². The van der Waals surface area contributed by atoms with Gasteiger partial charge in [-0.2, -0.15) is 0 Å². The van der Waals surface area contributed by atoms with Crippen LogP contribution in [0.1, 0.15) is 24.0 Å². The first-order chi connectivity index (χ1) is 10.1. The van der Waals surface area contributed by atoms with Gasteiger partial charge in [0.15, 0.2) is 0 Å². The van der Waals surface area contributed by atoms with Crippen molar-refractivity contribution in [1.29, 1.82) is 0 Å². The molecule has 0 atom stereocenters. The molecule has 1 aliphatic rings. The van der Waals surface area contributed by atoms with Gasteiger partial charge in [0, 0.05) is 26.7 Å². The quantitative estimate of drug-likeness (QED) is 0.792. The number of amides is 1. The summed E-state index contributed by atoms with van der Waals surface area (Å²) in [5.41, 5.74) is 2.11. The minimum atomic E-state index is -0.267. The summed E-state index contributed by atoms with van der Waals surface area (Å²) in [5.74, 6) is 0.174. The van der Waals surface area contributed by atoms with Gasteiger partial charge in [0.05, 0.1) is 12.0 Å². The van der Waals surface area contributed by atoms with Crippen LogP contribution in [0, 0.1) is 6.92 Å². The van der Waals surface area contributed by atoms with Gasteiger partial charge in [0.1, 0.15) is 0 Å². The van der Waals surface area contributed by atoms with E-state index >= 15 is 0 Å².